The number of aromatic nitrogens is 1. The Labute approximate surface area is 107 Å². The average molecular weight is 264 g/mol. The van der Waals surface area contributed by atoms with Crippen LogP contribution in [-0.2, 0) is 0 Å². The van der Waals surface area contributed by atoms with Crippen molar-refractivity contribution in [2.75, 3.05) is 7.11 Å². The average Bonchev–Trinajstić information content (AvgIpc) is 2.38. The van der Waals surface area contributed by atoms with E-state index in [-0.39, 0.29) is 17.2 Å². The molecule has 1 aromatic heterocycles. The molecule has 0 bridgehead atoms. The zero-order chi connectivity index (χ0) is 13.8. The van der Waals surface area contributed by atoms with Crippen LogP contribution < -0.4 is 9.47 Å². The fourth-order valence-corrected chi connectivity index (χ4v) is 1.43. The third-order valence-corrected chi connectivity index (χ3v) is 2.28. The molecule has 1 heterocycles. The number of pyridine rings is 1. The summed E-state index contributed by atoms with van der Waals surface area (Å²) in [4.78, 5) is 13.5. The molecule has 6 nitrogen and oxygen atoms in total. The highest BCUT2D eigenvalue weighted by Crippen LogP contribution is 2.34. The molecule has 0 unspecified atom stereocenters. The highest BCUT2D eigenvalue weighted by Gasteiger charge is 2.13. The van der Waals surface area contributed by atoms with Crippen LogP contribution in [0.25, 0.3) is 0 Å². The van der Waals surface area contributed by atoms with Gasteiger partial charge in [0.25, 0.3) is 5.69 Å². The fourth-order valence-electron chi connectivity index (χ4n) is 1.43. The fraction of sp³-hybridized carbons (Fsp3) is 0.0833. The topological polar surface area (TPSA) is 74.5 Å². The summed E-state index contributed by atoms with van der Waals surface area (Å²) in [5.41, 5.74) is -0.148. The predicted molar refractivity (Wildman–Crippen MR) is 63.9 cm³/mol. The molecule has 0 saturated carbocycles. The second-order valence-corrected chi connectivity index (χ2v) is 3.51. The number of rotatable bonds is 4. The molecule has 0 aliphatic heterocycles. The van der Waals surface area contributed by atoms with Crippen molar-refractivity contribution in [2.24, 2.45) is 0 Å². The van der Waals surface area contributed by atoms with Crippen molar-refractivity contribution in [3.05, 3.63) is 52.6 Å². The van der Waals surface area contributed by atoms with Crippen LogP contribution in [0, 0.1) is 16.1 Å². The minimum Gasteiger partial charge on any atom is -0.493 e. The Hall–Kier alpha value is -2.70. The van der Waals surface area contributed by atoms with E-state index in [0.717, 1.165) is 6.07 Å². The number of nitro benzene ring substituents is 1. The number of methoxy groups -OCH3 is 1. The summed E-state index contributed by atoms with van der Waals surface area (Å²) in [6, 6.07) is 6.40. The van der Waals surface area contributed by atoms with Crippen LogP contribution in [-0.4, -0.2) is 17.0 Å². The first-order chi connectivity index (χ1) is 9.10. The lowest BCUT2D eigenvalue weighted by Gasteiger charge is -2.09. The number of hydrogen-bond donors (Lipinski definition) is 0. The molecule has 0 spiro atoms. The number of nitro groups is 1. The molecule has 0 atom stereocenters. The van der Waals surface area contributed by atoms with Gasteiger partial charge in [0.1, 0.15) is 5.75 Å². The lowest BCUT2D eigenvalue weighted by molar-refractivity contribution is -0.384. The van der Waals surface area contributed by atoms with Gasteiger partial charge in [-0.1, -0.05) is 0 Å². The molecule has 0 aliphatic rings. The molecule has 2 aromatic rings. The molecular weight excluding hydrogens is 255 g/mol. The van der Waals surface area contributed by atoms with E-state index in [1.807, 2.05) is 0 Å². The van der Waals surface area contributed by atoms with Gasteiger partial charge in [0.2, 0.25) is 5.95 Å². The largest absolute Gasteiger partial charge is 0.493 e. The van der Waals surface area contributed by atoms with E-state index in [4.69, 9.17) is 9.47 Å². The van der Waals surface area contributed by atoms with Crippen LogP contribution in [0.2, 0.25) is 0 Å². The summed E-state index contributed by atoms with van der Waals surface area (Å²) in [6.07, 6.45) is 1.23. The zero-order valence-electron chi connectivity index (χ0n) is 9.87. The Morgan fingerprint density at radius 3 is 2.68 bits per heavy atom. The van der Waals surface area contributed by atoms with Crippen LogP contribution in [0.4, 0.5) is 10.1 Å². The molecule has 0 N–H and O–H groups in total. The quantitative estimate of drug-likeness (QED) is 0.482. The van der Waals surface area contributed by atoms with Gasteiger partial charge in [-0.05, 0) is 12.1 Å². The molecular formula is C12H9FN2O4. The van der Waals surface area contributed by atoms with Crippen LogP contribution in [0.1, 0.15) is 0 Å². The lowest BCUT2D eigenvalue weighted by atomic mass is 10.3. The summed E-state index contributed by atoms with van der Waals surface area (Å²) >= 11 is 0. The second kappa shape index (κ2) is 5.30. The summed E-state index contributed by atoms with van der Waals surface area (Å²) in [6.45, 7) is 0. The third kappa shape index (κ3) is 2.95. The van der Waals surface area contributed by atoms with Crippen molar-refractivity contribution in [2.45, 2.75) is 0 Å². The standard InChI is InChI=1S/C12H9FN2O4/c1-18-10-3-2-8(15(16)17)6-11(10)19-9-4-5-14-12(13)7-9/h2-7H,1H3. The highest BCUT2D eigenvalue weighted by molar-refractivity contribution is 5.50. The molecule has 19 heavy (non-hydrogen) atoms. The van der Waals surface area contributed by atoms with E-state index >= 15 is 0 Å². The van der Waals surface area contributed by atoms with Crippen molar-refractivity contribution in [3.8, 4) is 17.2 Å². The normalized spacial score (nSPS) is 10.0. The van der Waals surface area contributed by atoms with Crippen LogP contribution >= 0.6 is 0 Å². The SMILES string of the molecule is COc1ccc([N+](=O)[O-])cc1Oc1ccnc(F)c1. The van der Waals surface area contributed by atoms with Gasteiger partial charge in [-0.2, -0.15) is 4.39 Å². The molecule has 1 aromatic carbocycles. The predicted octanol–water partition coefficient (Wildman–Crippen LogP) is 2.93. The molecule has 0 amide bonds. The summed E-state index contributed by atoms with van der Waals surface area (Å²) in [5, 5.41) is 10.7. The minimum absolute atomic E-state index is 0.127. The van der Waals surface area contributed by atoms with E-state index in [0.29, 0.717) is 5.75 Å². The minimum atomic E-state index is -0.707. The third-order valence-electron chi connectivity index (χ3n) is 2.28. The molecule has 2 rings (SSSR count). The van der Waals surface area contributed by atoms with E-state index in [9.17, 15) is 14.5 Å². The van der Waals surface area contributed by atoms with Crippen molar-refractivity contribution in [1.82, 2.24) is 4.98 Å². The Morgan fingerprint density at radius 2 is 2.05 bits per heavy atom. The number of nitrogens with zero attached hydrogens (tertiary/aromatic N) is 2. The van der Waals surface area contributed by atoms with Gasteiger partial charge >= 0.3 is 0 Å². The monoisotopic (exact) mass is 264 g/mol. The number of ether oxygens (including phenoxy) is 2. The maximum Gasteiger partial charge on any atom is 0.273 e. The molecule has 0 fully saturated rings. The van der Waals surface area contributed by atoms with Gasteiger partial charge in [-0.3, -0.25) is 10.1 Å². The first kappa shape index (κ1) is 12.7. The van der Waals surface area contributed by atoms with E-state index < -0.39 is 10.9 Å². The Balaban J connectivity index is 2.37. The van der Waals surface area contributed by atoms with Crippen molar-refractivity contribution in [1.29, 1.82) is 0 Å². The number of non-ortho nitro benzene ring substituents is 1. The summed E-state index contributed by atoms with van der Waals surface area (Å²) < 4.78 is 23.3. The zero-order valence-corrected chi connectivity index (χ0v) is 9.87. The van der Waals surface area contributed by atoms with Gasteiger partial charge in [0.05, 0.1) is 18.1 Å². The number of hydrogen-bond acceptors (Lipinski definition) is 5. The second-order valence-electron chi connectivity index (χ2n) is 3.51. The summed E-state index contributed by atoms with van der Waals surface area (Å²) in [7, 11) is 1.40. The van der Waals surface area contributed by atoms with Crippen LogP contribution in [0.15, 0.2) is 36.5 Å². The maximum absolute atomic E-state index is 12.9. The van der Waals surface area contributed by atoms with Crippen LogP contribution in [0.3, 0.4) is 0 Å². The maximum atomic E-state index is 12.9. The Morgan fingerprint density at radius 1 is 1.26 bits per heavy atom. The highest BCUT2D eigenvalue weighted by atomic mass is 19.1. The van der Waals surface area contributed by atoms with Crippen molar-refractivity contribution in [3.63, 3.8) is 0 Å². The van der Waals surface area contributed by atoms with E-state index in [1.165, 1.54) is 37.6 Å². The van der Waals surface area contributed by atoms with Gasteiger partial charge in [-0.15, -0.1) is 0 Å². The Kier molecular flexibility index (Phi) is 3.56. The molecule has 0 saturated heterocycles. The molecule has 98 valence electrons. The Bertz CT molecular complexity index is 618. The first-order valence-electron chi connectivity index (χ1n) is 5.22. The molecule has 0 aliphatic carbocycles. The number of halogens is 1. The van der Waals surface area contributed by atoms with Gasteiger partial charge < -0.3 is 9.47 Å². The van der Waals surface area contributed by atoms with E-state index in [2.05, 4.69) is 4.98 Å². The molecule has 0 radical (unpaired) electrons. The van der Waals surface area contributed by atoms with Crippen molar-refractivity contribution < 1.29 is 18.8 Å². The van der Waals surface area contributed by atoms with Gasteiger partial charge in [-0.25, -0.2) is 4.98 Å². The van der Waals surface area contributed by atoms with Crippen LogP contribution in [0.5, 0.6) is 17.2 Å². The van der Waals surface area contributed by atoms with Crippen molar-refractivity contribution >= 4 is 5.69 Å². The lowest BCUT2D eigenvalue weighted by Crippen LogP contribution is -1.94. The first-order valence-corrected chi connectivity index (χ1v) is 5.22. The smallest absolute Gasteiger partial charge is 0.273 e. The van der Waals surface area contributed by atoms with Gasteiger partial charge in [0.15, 0.2) is 11.5 Å². The molecule has 7 heteroatoms. The van der Waals surface area contributed by atoms with Gasteiger partial charge in [0, 0.05) is 18.3 Å². The van der Waals surface area contributed by atoms with E-state index in [1.54, 1.807) is 0 Å². The summed E-state index contributed by atoms with van der Waals surface area (Å²) in [5.74, 6) is -0.0988. The number of benzene rings is 1.